The maximum absolute atomic E-state index is 11.8. The summed E-state index contributed by atoms with van der Waals surface area (Å²) in [6, 6.07) is 7.73. The summed E-state index contributed by atoms with van der Waals surface area (Å²) >= 11 is 0. The van der Waals surface area contributed by atoms with E-state index < -0.39 is 12.1 Å². The van der Waals surface area contributed by atoms with E-state index in [1.807, 2.05) is 24.3 Å². The molecule has 1 fully saturated rings. The van der Waals surface area contributed by atoms with E-state index in [0.717, 1.165) is 24.3 Å². The largest absolute Gasteiger partial charge is 0.464 e. The van der Waals surface area contributed by atoms with Crippen LogP contribution in [0.15, 0.2) is 24.3 Å². The van der Waals surface area contributed by atoms with Crippen molar-refractivity contribution in [2.45, 2.75) is 51.6 Å². The third-order valence-electron chi connectivity index (χ3n) is 4.26. The number of hydrogen-bond donors (Lipinski definition) is 1. The number of carbonyl (C=O) groups is 1. The van der Waals surface area contributed by atoms with E-state index in [1.54, 1.807) is 6.92 Å². The predicted octanol–water partition coefficient (Wildman–Crippen LogP) is 3.58. The molecule has 0 bridgehead atoms. The maximum atomic E-state index is 11.8. The monoisotopic (exact) mass is 276 g/mol. The van der Waals surface area contributed by atoms with Gasteiger partial charge < -0.3 is 9.84 Å². The van der Waals surface area contributed by atoms with Gasteiger partial charge >= 0.3 is 5.97 Å². The van der Waals surface area contributed by atoms with Crippen molar-refractivity contribution in [3.63, 3.8) is 0 Å². The van der Waals surface area contributed by atoms with Crippen molar-refractivity contribution in [1.29, 1.82) is 0 Å². The molecule has 20 heavy (non-hydrogen) atoms. The number of ether oxygens (including phenoxy) is 1. The number of benzene rings is 1. The minimum atomic E-state index is -1.16. The van der Waals surface area contributed by atoms with Crippen LogP contribution in [0.1, 0.15) is 62.7 Å². The lowest BCUT2D eigenvalue weighted by molar-refractivity contribution is -0.153. The van der Waals surface area contributed by atoms with Crippen LogP contribution in [0.2, 0.25) is 0 Å². The Morgan fingerprint density at radius 3 is 2.60 bits per heavy atom. The van der Waals surface area contributed by atoms with Crippen LogP contribution in [0.25, 0.3) is 0 Å². The topological polar surface area (TPSA) is 46.5 Å². The first-order valence-corrected chi connectivity index (χ1v) is 7.57. The van der Waals surface area contributed by atoms with Crippen molar-refractivity contribution in [1.82, 2.24) is 0 Å². The Morgan fingerprint density at radius 2 is 1.95 bits per heavy atom. The molecule has 0 aliphatic heterocycles. The van der Waals surface area contributed by atoms with Gasteiger partial charge in [-0.3, -0.25) is 0 Å². The normalized spacial score (nSPS) is 24.1. The Hall–Kier alpha value is -1.35. The highest BCUT2D eigenvalue weighted by Gasteiger charge is 2.27. The number of rotatable bonds is 4. The van der Waals surface area contributed by atoms with E-state index in [0.29, 0.717) is 18.1 Å². The van der Waals surface area contributed by atoms with Crippen LogP contribution in [-0.2, 0) is 9.53 Å². The van der Waals surface area contributed by atoms with Gasteiger partial charge in [-0.2, -0.15) is 0 Å². The van der Waals surface area contributed by atoms with E-state index in [4.69, 9.17) is 4.74 Å². The minimum Gasteiger partial charge on any atom is -0.464 e. The molecule has 1 aliphatic rings. The summed E-state index contributed by atoms with van der Waals surface area (Å²) in [6.45, 7) is 4.33. The van der Waals surface area contributed by atoms with Gasteiger partial charge in [0, 0.05) is 0 Å². The molecule has 0 spiro atoms. The second kappa shape index (κ2) is 6.89. The molecular weight excluding hydrogens is 252 g/mol. The Kier molecular flexibility index (Phi) is 5.18. The molecule has 0 saturated heterocycles. The zero-order valence-corrected chi connectivity index (χ0v) is 12.3. The highest BCUT2D eigenvalue weighted by atomic mass is 16.5. The lowest BCUT2D eigenvalue weighted by atomic mass is 9.77. The molecule has 0 aromatic heterocycles. The highest BCUT2D eigenvalue weighted by molar-refractivity contribution is 5.76. The molecule has 3 heteroatoms. The van der Waals surface area contributed by atoms with Gasteiger partial charge in [-0.1, -0.05) is 44.0 Å². The van der Waals surface area contributed by atoms with Crippen molar-refractivity contribution < 1.29 is 14.6 Å². The van der Waals surface area contributed by atoms with Crippen LogP contribution < -0.4 is 0 Å². The fraction of sp³-hybridized carbons (Fsp3) is 0.588. The third kappa shape index (κ3) is 3.40. The van der Waals surface area contributed by atoms with Gasteiger partial charge in [-0.15, -0.1) is 0 Å². The molecule has 0 heterocycles. The van der Waals surface area contributed by atoms with Gasteiger partial charge in [0.15, 0.2) is 6.10 Å². The standard InChI is InChI=1S/C17H24O3/c1-3-20-17(19)16(18)15-7-5-4-6-14(15)13-10-8-12(2)9-11-13/h4-7,12-13,16,18H,3,8-11H2,1-2H3. The maximum Gasteiger partial charge on any atom is 0.339 e. The number of hydrogen-bond acceptors (Lipinski definition) is 3. The molecule has 1 atom stereocenters. The Balaban J connectivity index is 2.19. The SMILES string of the molecule is CCOC(=O)C(O)c1ccccc1C1CCC(C)CC1. The minimum absolute atomic E-state index is 0.291. The first-order valence-electron chi connectivity index (χ1n) is 7.57. The molecule has 0 radical (unpaired) electrons. The van der Waals surface area contributed by atoms with Gasteiger partial charge in [-0.25, -0.2) is 4.79 Å². The van der Waals surface area contributed by atoms with Crippen LogP contribution in [-0.4, -0.2) is 17.7 Å². The molecule has 3 nitrogen and oxygen atoms in total. The van der Waals surface area contributed by atoms with Crippen LogP contribution in [0.3, 0.4) is 0 Å². The smallest absolute Gasteiger partial charge is 0.339 e. The lowest BCUT2D eigenvalue weighted by Gasteiger charge is -2.28. The number of aliphatic hydroxyl groups is 1. The summed E-state index contributed by atoms with van der Waals surface area (Å²) in [4.78, 5) is 11.8. The first kappa shape index (κ1) is 15.0. The van der Waals surface area contributed by atoms with Crippen molar-refractivity contribution in [3.05, 3.63) is 35.4 Å². The van der Waals surface area contributed by atoms with Crippen LogP contribution in [0, 0.1) is 5.92 Å². The van der Waals surface area contributed by atoms with E-state index in [-0.39, 0.29) is 0 Å². The Labute approximate surface area is 121 Å². The third-order valence-corrected chi connectivity index (χ3v) is 4.26. The molecule has 110 valence electrons. The highest BCUT2D eigenvalue weighted by Crippen LogP contribution is 2.38. The Bertz CT molecular complexity index is 447. The Morgan fingerprint density at radius 1 is 1.30 bits per heavy atom. The summed E-state index contributed by atoms with van der Waals surface area (Å²) in [5, 5.41) is 10.2. The van der Waals surface area contributed by atoms with Gasteiger partial charge in [-0.05, 0) is 42.7 Å². The van der Waals surface area contributed by atoms with Crippen LogP contribution >= 0.6 is 0 Å². The zero-order chi connectivity index (χ0) is 14.5. The molecule has 1 aromatic rings. The molecule has 2 rings (SSSR count). The van der Waals surface area contributed by atoms with Gasteiger partial charge in [0.25, 0.3) is 0 Å². The van der Waals surface area contributed by atoms with Gasteiger partial charge in [0.1, 0.15) is 0 Å². The molecule has 0 amide bonds. The van der Waals surface area contributed by atoms with Gasteiger partial charge in [0.05, 0.1) is 6.61 Å². The zero-order valence-electron chi connectivity index (χ0n) is 12.3. The van der Waals surface area contributed by atoms with Gasteiger partial charge in [0.2, 0.25) is 0 Å². The average molecular weight is 276 g/mol. The molecular formula is C17H24O3. The number of esters is 1. The molecule has 1 aliphatic carbocycles. The number of aliphatic hydroxyl groups excluding tert-OH is 1. The molecule has 1 unspecified atom stereocenters. The van der Waals surface area contributed by atoms with Crippen molar-refractivity contribution in [2.24, 2.45) is 5.92 Å². The molecule has 1 aromatic carbocycles. The van der Waals surface area contributed by atoms with E-state index in [1.165, 1.54) is 12.8 Å². The second-order valence-corrected chi connectivity index (χ2v) is 5.74. The number of carbonyl (C=O) groups excluding carboxylic acids is 1. The summed E-state index contributed by atoms with van der Waals surface area (Å²) in [7, 11) is 0. The fourth-order valence-corrected chi connectivity index (χ4v) is 3.05. The van der Waals surface area contributed by atoms with Crippen LogP contribution in [0.4, 0.5) is 0 Å². The van der Waals surface area contributed by atoms with Crippen molar-refractivity contribution in [3.8, 4) is 0 Å². The average Bonchev–Trinajstić information content (AvgIpc) is 2.47. The quantitative estimate of drug-likeness (QED) is 0.855. The molecule has 1 N–H and O–H groups in total. The second-order valence-electron chi connectivity index (χ2n) is 5.74. The fourth-order valence-electron chi connectivity index (χ4n) is 3.05. The lowest BCUT2D eigenvalue weighted by Crippen LogP contribution is -2.19. The van der Waals surface area contributed by atoms with Crippen LogP contribution in [0.5, 0.6) is 0 Å². The van der Waals surface area contributed by atoms with E-state index >= 15 is 0 Å². The molecule has 1 saturated carbocycles. The van der Waals surface area contributed by atoms with Crippen molar-refractivity contribution in [2.75, 3.05) is 6.61 Å². The summed E-state index contributed by atoms with van der Waals surface area (Å²) < 4.78 is 4.93. The van der Waals surface area contributed by atoms with Crippen molar-refractivity contribution >= 4 is 5.97 Å². The summed E-state index contributed by atoms with van der Waals surface area (Å²) in [6.07, 6.45) is 3.54. The summed E-state index contributed by atoms with van der Waals surface area (Å²) in [5.74, 6) is 0.684. The predicted molar refractivity (Wildman–Crippen MR) is 78.4 cm³/mol. The van der Waals surface area contributed by atoms with E-state index in [2.05, 4.69) is 6.92 Å². The van der Waals surface area contributed by atoms with E-state index in [9.17, 15) is 9.90 Å². The summed E-state index contributed by atoms with van der Waals surface area (Å²) in [5.41, 5.74) is 1.82. The first-order chi connectivity index (χ1) is 9.63.